The zero-order valence-corrected chi connectivity index (χ0v) is 43.4. The van der Waals surface area contributed by atoms with E-state index in [9.17, 15) is 0 Å². The van der Waals surface area contributed by atoms with E-state index in [4.69, 9.17) is 19.4 Å². The maximum atomic E-state index is 5.66. The van der Waals surface area contributed by atoms with E-state index in [0.717, 1.165) is 56.5 Å². The summed E-state index contributed by atoms with van der Waals surface area (Å²) in [5.41, 5.74) is 20.7. The third kappa shape index (κ3) is 8.04. The number of thiophene rings is 3. The molecule has 11 rings (SSSR count). The Morgan fingerprint density at radius 2 is 0.662 bits per heavy atom. The van der Waals surface area contributed by atoms with Crippen LogP contribution in [0.1, 0.15) is 56.2 Å². The predicted molar refractivity (Wildman–Crippen MR) is 297 cm³/mol. The second-order valence-corrected chi connectivity index (χ2v) is 23.1. The molecule has 334 valence electrons. The summed E-state index contributed by atoms with van der Waals surface area (Å²) in [6.45, 7) is 13.4. The van der Waals surface area contributed by atoms with E-state index < -0.39 is 0 Å². The Morgan fingerprint density at radius 1 is 0.353 bits per heavy atom. The van der Waals surface area contributed by atoms with Crippen LogP contribution >= 0.6 is 34.0 Å². The minimum absolute atomic E-state index is 0.0951. The van der Waals surface area contributed by atoms with Gasteiger partial charge in [-0.2, -0.15) is 0 Å². The molecule has 4 nitrogen and oxygen atoms in total. The fraction of sp³-hybridized carbons (Fsp3) is 0.133. The molecule has 4 aromatic carbocycles. The van der Waals surface area contributed by atoms with Gasteiger partial charge in [-0.15, -0.1) is 0 Å². The van der Waals surface area contributed by atoms with Crippen LogP contribution in [0.4, 0.5) is 0 Å². The maximum absolute atomic E-state index is 5.66. The summed E-state index contributed by atoms with van der Waals surface area (Å²) in [6, 6.07) is 44.5. The normalized spacial score (nSPS) is 12.0. The first-order chi connectivity index (χ1) is 33.0. The molecule has 0 radical (unpaired) electrons. The van der Waals surface area contributed by atoms with E-state index in [1.807, 2.05) is 58.3 Å². The van der Waals surface area contributed by atoms with Crippen LogP contribution in [0.3, 0.4) is 0 Å². The van der Waals surface area contributed by atoms with Crippen LogP contribution in [0.25, 0.3) is 106 Å². The molecular formula is C60H48N2O2S3Se. The molecular weight excluding hydrogens is 956 g/mol. The summed E-state index contributed by atoms with van der Waals surface area (Å²) < 4.78 is 21.1. The molecule has 0 spiro atoms. The fourth-order valence-electron chi connectivity index (χ4n) is 9.95. The Balaban J connectivity index is 1.32. The van der Waals surface area contributed by atoms with Gasteiger partial charge in [-0.25, -0.2) is 0 Å². The van der Waals surface area contributed by atoms with E-state index in [2.05, 4.69) is 163 Å². The Hall–Kier alpha value is -6.38. The second-order valence-electron chi connectivity index (χ2n) is 17.6. The second kappa shape index (κ2) is 17.9. The van der Waals surface area contributed by atoms with E-state index in [-0.39, 0.29) is 14.5 Å². The van der Waals surface area contributed by atoms with Crippen molar-refractivity contribution >= 4 is 110 Å². The van der Waals surface area contributed by atoms with Gasteiger partial charge in [0.15, 0.2) is 0 Å². The van der Waals surface area contributed by atoms with Gasteiger partial charge in [0.2, 0.25) is 0 Å². The monoisotopic (exact) mass is 1000 g/mol. The van der Waals surface area contributed by atoms with E-state index in [1.165, 1.54) is 92.4 Å². The molecule has 12 bridgehead atoms. The van der Waals surface area contributed by atoms with Crippen molar-refractivity contribution in [3.63, 3.8) is 0 Å². The molecule has 2 aliphatic rings. The SMILES string of the molecule is COc1ccc(-c2c3nc(c(-c4c(C)cc(C)cc4C)c4ccc([se]4)c(-c4c(C)cc(C)cc4C)c4nc(c(-c5ccc(OC)cc5)c5ccc(s5)c5ccc(s5)c5ccc2s5)C=C4)C=C3)cc1. The first-order valence-corrected chi connectivity index (χ1v) is 26.8. The van der Waals surface area contributed by atoms with E-state index in [0.29, 0.717) is 0 Å². The number of rotatable bonds is 6. The van der Waals surface area contributed by atoms with Gasteiger partial charge in [-0.05, 0) is 0 Å². The van der Waals surface area contributed by atoms with Crippen LogP contribution in [0.2, 0.25) is 0 Å². The number of nitrogens with zero attached hydrogens (tertiary/aromatic N) is 2. The van der Waals surface area contributed by atoms with Crippen molar-refractivity contribution in [2.24, 2.45) is 0 Å². The quantitative estimate of drug-likeness (QED) is 0.156. The number of aromatic nitrogens is 2. The minimum atomic E-state index is -0.0951. The van der Waals surface area contributed by atoms with E-state index >= 15 is 0 Å². The van der Waals surface area contributed by atoms with Crippen LogP contribution in [-0.4, -0.2) is 38.7 Å². The number of methoxy groups -OCH3 is 2. The topological polar surface area (TPSA) is 44.2 Å². The summed E-state index contributed by atoms with van der Waals surface area (Å²) in [5.74, 6) is 1.65. The number of ether oxygens (including phenoxy) is 2. The summed E-state index contributed by atoms with van der Waals surface area (Å²) >= 11 is 5.39. The Labute approximate surface area is 415 Å². The average molecular weight is 1000 g/mol. The van der Waals surface area contributed by atoms with Gasteiger partial charge in [-0.1, -0.05) is 0 Å². The van der Waals surface area contributed by atoms with Gasteiger partial charge in [0.1, 0.15) is 0 Å². The van der Waals surface area contributed by atoms with Gasteiger partial charge in [0.05, 0.1) is 0 Å². The average Bonchev–Trinajstić information content (AvgIpc) is 4.19. The van der Waals surface area contributed by atoms with Crippen molar-refractivity contribution in [1.82, 2.24) is 9.97 Å². The first-order valence-electron chi connectivity index (χ1n) is 22.7. The molecule has 0 saturated carbocycles. The Bertz CT molecular complexity index is 3530. The van der Waals surface area contributed by atoms with Crippen molar-refractivity contribution in [3.8, 4) is 56.0 Å². The van der Waals surface area contributed by atoms with Gasteiger partial charge in [-0.3, -0.25) is 0 Å². The Kier molecular flexibility index (Phi) is 11.6. The molecule has 8 heteroatoms. The molecule has 2 aliphatic heterocycles. The van der Waals surface area contributed by atoms with Gasteiger partial charge in [0, 0.05) is 0 Å². The van der Waals surface area contributed by atoms with Crippen molar-refractivity contribution < 1.29 is 9.47 Å². The van der Waals surface area contributed by atoms with Crippen molar-refractivity contribution in [2.75, 3.05) is 14.2 Å². The molecule has 7 heterocycles. The molecule has 5 aromatic heterocycles. The predicted octanol–water partition coefficient (Wildman–Crippen LogP) is 17.2. The fourth-order valence-corrected chi connectivity index (χ4v) is 15.7. The molecule has 0 aliphatic carbocycles. The molecule has 68 heavy (non-hydrogen) atoms. The van der Waals surface area contributed by atoms with Crippen molar-refractivity contribution in [1.29, 1.82) is 0 Å². The van der Waals surface area contributed by atoms with Crippen LogP contribution in [0.5, 0.6) is 11.5 Å². The van der Waals surface area contributed by atoms with Crippen LogP contribution < -0.4 is 9.47 Å². The number of aryl methyl sites for hydroxylation is 6. The molecule has 0 amide bonds. The van der Waals surface area contributed by atoms with E-state index in [1.54, 1.807) is 14.2 Å². The summed E-state index contributed by atoms with van der Waals surface area (Å²) in [5, 5.41) is 0. The zero-order valence-electron chi connectivity index (χ0n) is 39.2. The van der Waals surface area contributed by atoms with Crippen molar-refractivity contribution in [2.45, 2.75) is 41.5 Å². The molecule has 9 aromatic rings. The van der Waals surface area contributed by atoms with Gasteiger partial charge >= 0.3 is 418 Å². The summed E-state index contributed by atoms with van der Waals surface area (Å²) in [4.78, 5) is 11.3. The zero-order chi connectivity index (χ0) is 46.8. The Morgan fingerprint density at radius 3 is 1.00 bits per heavy atom. The molecule has 0 unspecified atom stereocenters. The number of benzene rings is 4. The standard InChI is InChI=1S/C60H48N2O2S3Se/c1-33-29-35(3)55(36(4)30-33)59-45-19-17-43(61-45)57(39-9-13-41(63-7)14-10-39)51-25-23-49(66-51)47-21-22-48(65-47)50-24-26-52(67-50)58(40-11-15-42(64-8)16-12-40)44-18-20-46(62-44)60(54-28-27-53(59)68-54)56-37(5)31-34(2)32-38(56)6/h9-32H,1-8H3. The van der Waals surface area contributed by atoms with Gasteiger partial charge < -0.3 is 0 Å². The molecule has 0 fully saturated rings. The number of hydrogen-bond acceptors (Lipinski definition) is 7. The number of hydrogen-bond donors (Lipinski definition) is 0. The number of fused-ring (bicyclic) bond motifs is 14. The van der Waals surface area contributed by atoms with Crippen LogP contribution in [0, 0.1) is 41.5 Å². The summed E-state index contributed by atoms with van der Waals surface area (Å²) in [7, 11) is 3.44. The molecule has 0 N–H and O–H groups in total. The van der Waals surface area contributed by atoms with Crippen LogP contribution in [0.15, 0.2) is 121 Å². The van der Waals surface area contributed by atoms with Gasteiger partial charge in [0.25, 0.3) is 0 Å². The van der Waals surface area contributed by atoms with Crippen molar-refractivity contribution in [3.05, 3.63) is 177 Å². The third-order valence-electron chi connectivity index (χ3n) is 12.8. The molecule has 0 atom stereocenters. The third-order valence-corrected chi connectivity index (χ3v) is 18.8. The summed E-state index contributed by atoms with van der Waals surface area (Å²) in [6.07, 6.45) is 8.93. The molecule has 0 saturated heterocycles. The van der Waals surface area contributed by atoms with Crippen LogP contribution in [-0.2, 0) is 0 Å². The first kappa shape index (κ1) is 44.1.